The Hall–Kier alpha value is -0.890. The number of allylic oxidation sites excluding steroid dienone is 4. The lowest BCUT2D eigenvalue weighted by Crippen LogP contribution is -2.09. The average Bonchev–Trinajstić information content (AvgIpc) is 2.96. The van der Waals surface area contributed by atoms with Gasteiger partial charge >= 0.3 is 0 Å². The minimum Gasteiger partial charge on any atom is -0.366 e. The van der Waals surface area contributed by atoms with E-state index in [4.69, 9.17) is 4.74 Å². The van der Waals surface area contributed by atoms with E-state index >= 15 is 0 Å². The first-order chi connectivity index (χ1) is 9.33. The molecule has 1 aliphatic rings. The molecule has 1 aliphatic heterocycles. The summed E-state index contributed by atoms with van der Waals surface area (Å²) in [6.45, 7) is 10.3. The third-order valence-electron chi connectivity index (χ3n) is 4.02. The SMILES string of the molecule is CC(=O)CCC=C(C)CCC1OC1(C)CCC=C(C)C. The number of ketones is 1. The van der Waals surface area contributed by atoms with E-state index in [1.54, 1.807) is 6.92 Å². The highest BCUT2D eigenvalue weighted by Gasteiger charge is 2.50. The van der Waals surface area contributed by atoms with Gasteiger partial charge in [-0.2, -0.15) is 0 Å². The Morgan fingerprint density at radius 1 is 1.10 bits per heavy atom. The summed E-state index contributed by atoms with van der Waals surface area (Å²) in [5, 5.41) is 0. The normalized spacial score (nSPS) is 25.4. The molecule has 0 N–H and O–H groups in total. The quantitative estimate of drug-likeness (QED) is 0.439. The van der Waals surface area contributed by atoms with Crippen LogP contribution in [0, 0.1) is 0 Å². The molecular formula is C18H30O2. The summed E-state index contributed by atoms with van der Waals surface area (Å²) in [7, 11) is 0. The smallest absolute Gasteiger partial charge is 0.130 e. The molecule has 0 spiro atoms. The Morgan fingerprint density at radius 2 is 1.80 bits per heavy atom. The third-order valence-corrected chi connectivity index (χ3v) is 4.02. The van der Waals surface area contributed by atoms with Gasteiger partial charge in [-0.1, -0.05) is 23.3 Å². The second-order valence-corrected chi connectivity index (χ2v) is 6.57. The Balaban J connectivity index is 2.20. The monoisotopic (exact) mass is 278 g/mol. The first kappa shape index (κ1) is 17.2. The molecule has 2 atom stereocenters. The minimum atomic E-state index is 0.103. The summed E-state index contributed by atoms with van der Waals surface area (Å²) in [4.78, 5) is 10.9. The Morgan fingerprint density at radius 3 is 2.40 bits per heavy atom. The fourth-order valence-electron chi connectivity index (χ4n) is 2.51. The number of Topliss-reactive ketones (excluding diaryl/α,β-unsaturated/α-hetero) is 1. The maximum absolute atomic E-state index is 10.9. The van der Waals surface area contributed by atoms with Crippen LogP contribution in [0.3, 0.4) is 0 Å². The van der Waals surface area contributed by atoms with Crippen molar-refractivity contribution in [3.63, 3.8) is 0 Å². The summed E-state index contributed by atoms with van der Waals surface area (Å²) in [5.74, 6) is 0.270. The van der Waals surface area contributed by atoms with Crippen LogP contribution in [-0.2, 0) is 9.53 Å². The second kappa shape index (κ2) is 7.78. The van der Waals surface area contributed by atoms with Crippen LogP contribution in [0.5, 0.6) is 0 Å². The maximum Gasteiger partial charge on any atom is 0.130 e. The van der Waals surface area contributed by atoms with Crippen molar-refractivity contribution in [2.45, 2.75) is 84.8 Å². The number of rotatable bonds is 9. The molecule has 2 unspecified atom stereocenters. The lowest BCUT2D eigenvalue weighted by Gasteiger charge is -2.05. The second-order valence-electron chi connectivity index (χ2n) is 6.57. The van der Waals surface area contributed by atoms with Gasteiger partial charge in [0.05, 0.1) is 11.7 Å². The van der Waals surface area contributed by atoms with Crippen molar-refractivity contribution in [2.24, 2.45) is 0 Å². The van der Waals surface area contributed by atoms with Gasteiger partial charge in [-0.05, 0) is 66.7 Å². The van der Waals surface area contributed by atoms with Crippen molar-refractivity contribution < 1.29 is 9.53 Å². The van der Waals surface area contributed by atoms with Crippen molar-refractivity contribution in [2.75, 3.05) is 0 Å². The molecule has 1 rings (SSSR count). The van der Waals surface area contributed by atoms with Crippen molar-refractivity contribution in [3.05, 3.63) is 23.3 Å². The number of hydrogen-bond acceptors (Lipinski definition) is 2. The van der Waals surface area contributed by atoms with E-state index in [-0.39, 0.29) is 11.4 Å². The molecule has 114 valence electrons. The fraction of sp³-hybridized carbons (Fsp3) is 0.722. The zero-order valence-corrected chi connectivity index (χ0v) is 13.8. The Labute approximate surface area is 124 Å². The van der Waals surface area contributed by atoms with Crippen LogP contribution in [0.4, 0.5) is 0 Å². The summed E-state index contributed by atoms with van der Waals surface area (Å²) < 4.78 is 5.87. The summed E-state index contributed by atoms with van der Waals surface area (Å²) in [5.41, 5.74) is 2.87. The molecule has 2 nitrogen and oxygen atoms in total. The predicted molar refractivity (Wildman–Crippen MR) is 84.8 cm³/mol. The van der Waals surface area contributed by atoms with E-state index in [1.165, 1.54) is 11.1 Å². The van der Waals surface area contributed by atoms with Gasteiger partial charge in [0.25, 0.3) is 0 Å². The van der Waals surface area contributed by atoms with E-state index in [9.17, 15) is 4.79 Å². The minimum absolute atomic E-state index is 0.103. The highest BCUT2D eigenvalue weighted by Crippen LogP contribution is 2.43. The zero-order valence-electron chi connectivity index (χ0n) is 13.8. The van der Waals surface area contributed by atoms with Crippen LogP contribution in [-0.4, -0.2) is 17.5 Å². The molecule has 2 heteroatoms. The maximum atomic E-state index is 10.9. The summed E-state index contributed by atoms with van der Waals surface area (Å²) >= 11 is 0. The molecule has 1 heterocycles. The fourth-order valence-corrected chi connectivity index (χ4v) is 2.51. The van der Waals surface area contributed by atoms with Crippen LogP contribution in [0.25, 0.3) is 0 Å². The highest BCUT2D eigenvalue weighted by molar-refractivity contribution is 5.75. The van der Waals surface area contributed by atoms with Crippen molar-refractivity contribution >= 4 is 5.78 Å². The number of carbonyl (C=O) groups is 1. The molecular weight excluding hydrogens is 248 g/mol. The van der Waals surface area contributed by atoms with Gasteiger partial charge in [0.2, 0.25) is 0 Å². The number of hydrogen-bond donors (Lipinski definition) is 0. The molecule has 1 saturated heterocycles. The average molecular weight is 278 g/mol. The molecule has 0 bridgehead atoms. The number of ether oxygens (including phenoxy) is 1. The van der Waals surface area contributed by atoms with E-state index < -0.39 is 0 Å². The predicted octanol–water partition coefficient (Wildman–Crippen LogP) is 4.99. The van der Waals surface area contributed by atoms with Crippen molar-refractivity contribution in [3.8, 4) is 0 Å². The van der Waals surface area contributed by atoms with Gasteiger partial charge in [0.1, 0.15) is 5.78 Å². The van der Waals surface area contributed by atoms with E-state index in [0.29, 0.717) is 12.5 Å². The third kappa shape index (κ3) is 6.51. The standard InChI is InChI=1S/C18H30O2/c1-14(2)8-7-13-18(5)17(20-18)12-11-15(3)9-6-10-16(4)19/h8-9,17H,6-7,10-13H2,1-5H3. The summed E-state index contributed by atoms with van der Waals surface area (Å²) in [6, 6.07) is 0. The first-order valence-corrected chi connectivity index (χ1v) is 7.80. The molecule has 20 heavy (non-hydrogen) atoms. The topological polar surface area (TPSA) is 29.6 Å². The molecule has 0 saturated carbocycles. The molecule has 0 amide bonds. The van der Waals surface area contributed by atoms with Crippen LogP contribution in [0.1, 0.15) is 73.1 Å². The van der Waals surface area contributed by atoms with Gasteiger partial charge in [-0.25, -0.2) is 0 Å². The van der Waals surface area contributed by atoms with Crippen LogP contribution < -0.4 is 0 Å². The van der Waals surface area contributed by atoms with Gasteiger partial charge < -0.3 is 9.53 Å². The Kier molecular flexibility index (Phi) is 6.67. The van der Waals surface area contributed by atoms with E-state index in [0.717, 1.165) is 32.1 Å². The van der Waals surface area contributed by atoms with Crippen molar-refractivity contribution in [1.82, 2.24) is 0 Å². The zero-order chi connectivity index (χ0) is 15.2. The van der Waals surface area contributed by atoms with Gasteiger partial charge in [-0.3, -0.25) is 0 Å². The number of carbonyl (C=O) groups excluding carboxylic acids is 1. The van der Waals surface area contributed by atoms with Gasteiger partial charge in [0, 0.05) is 6.42 Å². The van der Waals surface area contributed by atoms with Crippen LogP contribution in [0.15, 0.2) is 23.3 Å². The molecule has 0 aromatic rings. The number of epoxide rings is 1. The van der Waals surface area contributed by atoms with Crippen LogP contribution >= 0.6 is 0 Å². The Bertz CT molecular complexity index is 388. The van der Waals surface area contributed by atoms with Gasteiger partial charge in [0.15, 0.2) is 0 Å². The first-order valence-electron chi connectivity index (χ1n) is 7.80. The molecule has 0 aromatic heterocycles. The van der Waals surface area contributed by atoms with E-state index in [1.807, 2.05) is 0 Å². The molecule has 0 aliphatic carbocycles. The van der Waals surface area contributed by atoms with Crippen LogP contribution in [0.2, 0.25) is 0 Å². The molecule has 0 aromatic carbocycles. The van der Waals surface area contributed by atoms with E-state index in [2.05, 4.69) is 39.8 Å². The summed E-state index contributed by atoms with van der Waals surface area (Å²) in [6.07, 6.45) is 10.9. The lowest BCUT2D eigenvalue weighted by atomic mass is 9.96. The molecule has 1 fully saturated rings. The largest absolute Gasteiger partial charge is 0.366 e. The van der Waals surface area contributed by atoms with Crippen molar-refractivity contribution in [1.29, 1.82) is 0 Å². The van der Waals surface area contributed by atoms with Gasteiger partial charge in [-0.15, -0.1) is 0 Å². The lowest BCUT2D eigenvalue weighted by molar-refractivity contribution is -0.116. The molecule has 0 radical (unpaired) electrons. The highest BCUT2D eigenvalue weighted by atomic mass is 16.6.